The van der Waals surface area contributed by atoms with Gasteiger partial charge in [-0.1, -0.05) is 55.0 Å². The number of nitrogens with one attached hydrogen (secondary N) is 2. The Balaban J connectivity index is 1.48. The molecule has 2 N–H and O–H groups in total. The Bertz CT molecular complexity index is 1240. The van der Waals surface area contributed by atoms with Gasteiger partial charge in [-0.25, -0.2) is 8.42 Å². The van der Waals surface area contributed by atoms with E-state index >= 15 is 0 Å². The fraction of sp³-hybridized carbons (Fsp3) is 0.259. The van der Waals surface area contributed by atoms with Crippen LogP contribution in [0.25, 0.3) is 0 Å². The van der Waals surface area contributed by atoms with Crippen LogP contribution in [0.4, 0.5) is 5.69 Å². The van der Waals surface area contributed by atoms with E-state index in [1.807, 2.05) is 36.4 Å². The van der Waals surface area contributed by atoms with Crippen molar-refractivity contribution in [2.45, 2.75) is 36.6 Å². The molecular weight excluding hydrogens is 462 g/mol. The number of sulfonamides is 1. The molecule has 8 heteroatoms. The molecule has 0 aromatic heterocycles. The van der Waals surface area contributed by atoms with Crippen LogP contribution in [-0.4, -0.2) is 43.7 Å². The van der Waals surface area contributed by atoms with Crippen molar-refractivity contribution >= 4 is 27.5 Å². The van der Waals surface area contributed by atoms with Crippen LogP contribution in [-0.2, 0) is 21.2 Å². The van der Waals surface area contributed by atoms with E-state index in [1.54, 1.807) is 36.4 Å². The lowest BCUT2D eigenvalue weighted by Gasteiger charge is -2.26. The van der Waals surface area contributed by atoms with E-state index < -0.39 is 16.1 Å². The lowest BCUT2D eigenvalue weighted by atomic mass is 10.0. The maximum atomic E-state index is 13.2. The lowest BCUT2D eigenvalue weighted by Crippen LogP contribution is -2.45. The molecular formula is C27H29N3O4S. The van der Waals surface area contributed by atoms with Gasteiger partial charge in [0.15, 0.2) is 0 Å². The first-order valence-electron chi connectivity index (χ1n) is 11.7. The molecule has 1 atom stereocenters. The molecule has 1 saturated heterocycles. The predicted octanol–water partition coefficient (Wildman–Crippen LogP) is 3.84. The van der Waals surface area contributed by atoms with E-state index in [-0.39, 0.29) is 16.7 Å². The summed E-state index contributed by atoms with van der Waals surface area (Å²) in [7, 11) is -3.55. The first-order chi connectivity index (χ1) is 16.9. The predicted molar refractivity (Wildman–Crippen MR) is 136 cm³/mol. The largest absolute Gasteiger partial charge is 0.340 e. The van der Waals surface area contributed by atoms with Gasteiger partial charge in [-0.2, -0.15) is 4.31 Å². The fourth-order valence-corrected chi connectivity index (χ4v) is 5.60. The Morgan fingerprint density at radius 3 is 2.03 bits per heavy atom. The molecule has 182 valence electrons. The third-order valence-electron chi connectivity index (χ3n) is 6.02. The molecule has 35 heavy (non-hydrogen) atoms. The number of rotatable bonds is 8. The number of hydrogen-bond donors (Lipinski definition) is 2. The molecule has 0 saturated carbocycles. The second kappa shape index (κ2) is 11.3. The van der Waals surface area contributed by atoms with Crippen molar-refractivity contribution in [2.24, 2.45) is 0 Å². The van der Waals surface area contributed by atoms with Crippen LogP contribution >= 0.6 is 0 Å². The monoisotopic (exact) mass is 491 g/mol. The molecule has 4 rings (SSSR count). The highest BCUT2D eigenvalue weighted by Gasteiger charge is 2.26. The van der Waals surface area contributed by atoms with Gasteiger partial charge in [-0.15, -0.1) is 0 Å². The molecule has 1 aliphatic rings. The zero-order valence-corrected chi connectivity index (χ0v) is 20.2. The number of nitrogens with zero attached hydrogens (tertiary/aromatic N) is 1. The molecule has 1 unspecified atom stereocenters. The van der Waals surface area contributed by atoms with Crippen molar-refractivity contribution in [1.82, 2.24) is 9.62 Å². The van der Waals surface area contributed by atoms with Crippen LogP contribution in [0.1, 0.15) is 35.2 Å². The summed E-state index contributed by atoms with van der Waals surface area (Å²) >= 11 is 0. The van der Waals surface area contributed by atoms with Gasteiger partial charge in [0, 0.05) is 30.8 Å². The van der Waals surface area contributed by atoms with Gasteiger partial charge in [0.05, 0.1) is 4.90 Å². The second-order valence-electron chi connectivity index (χ2n) is 8.56. The number of hydrogen-bond acceptors (Lipinski definition) is 4. The first-order valence-corrected chi connectivity index (χ1v) is 13.2. The number of benzene rings is 3. The van der Waals surface area contributed by atoms with Gasteiger partial charge in [-0.05, 0) is 54.8 Å². The Hall–Kier alpha value is -3.49. The van der Waals surface area contributed by atoms with E-state index in [1.165, 1.54) is 16.4 Å². The van der Waals surface area contributed by atoms with Crippen LogP contribution < -0.4 is 10.6 Å². The standard InChI is InChI=1S/C27H29N3O4S/c31-26(22-12-6-2-7-13-22)29-25(20-21-10-4-1-5-11-21)27(32)28-23-14-16-24(17-15-23)35(33,34)30-18-8-3-9-19-30/h1-2,4-7,10-17,25H,3,8-9,18-20H2,(H,28,32)(H,29,31). The number of carbonyl (C=O) groups excluding carboxylic acids is 2. The molecule has 2 amide bonds. The first kappa shape index (κ1) is 24.6. The van der Waals surface area contributed by atoms with Gasteiger partial charge in [-0.3, -0.25) is 9.59 Å². The summed E-state index contributed by atoms with van der Waals surface area (Å²) in [5, 5.41) is 5.64. The minimum Gasteiger partial charge on any atom is -0.340 e. The maximum Gasteiger partial charge on any atom is 0.251 e. The summed E-state index contributed by atoms with van der Waals surface area (Å²) in [5.74, 6) is -0.727. The Kier molecular flexibility index (Phi) is 7.94. The topological polar surface area (TPSA) is 95.6 Å². The maximum absolute atomic E-state index is 13.2. The SMILES string of the molecule is O=C(NC(Cc1ccccc1)C(=O)Nc1ccc(S(=O)(=O)N2CCCCC2)cc1)c1ccccc1. The summed E-state index contributed by atoms with van der Waals surface area (Å²) in [5.41, 5.74) is 1.83. The summed E-state index contributed by atoms with van der Waals surface area (Å²) < 4.78 is 27.3. The van der Waals surface area contributed by atoms with Crippen LogP contribution in [0.3, 0.4) is 0 Å². The van der Waals surface area contributed by atoms with Gasteiger partial charge in [0.1, 0.15) is 6.04 Å². The molecule has 1 heterocycles. The van der Waals surface area contributed by atoms with Crippen LogP contribution in [0.15, 0.2) is 89.8 Å². The Labute approximate surface area is 206 Å². The smallest absolute Gasteiger partial charge is 0.251 e. The fourth-order valence-electron chi connectivity index (χ4n) is 4.08. The summed E-state index contributed by atoms with van der Waals surface area (Å²) in [6.45, 7) is 1.06. The van der Waals surface area contributed by atoms with Gasteiger partial charge in [0.2, 0.25) is 15.9 Å². The third kappa shape index (κ3) is 6.35. The summed E-state index contributed by atoms with van der Waals surface area (Å²) in [6, 6.07) is 23.5. The van der Waals surface area contributed by atoms with E-state index in [9.17, 15) is 18.0 Å². The van der Waals surface area contributed by atoms with Crippen LogP contribution in [0.2, 0.25) is 0 Å². The average Bonchev–Trinajstić information content (AvgIpc) is 2.90. The van der Waals surface area contributed by atoms with Crippen molar-refractivity contribution in [3.05, 3.63) is 96.1 Å². The number of amides is 2. The Morgan fingerprint density at radius 2 is 1.40 bits per heavy atom. The lowest BCUT2D eigenvalue weighted by molar-refractivity contribution is -0.118. The van der Waals surface area contributed by atoms with Crippen molar-refractivity contribution in [2.75, 3.05) is 18.4 Å². The Morgan fingerprint density at radius 1 is 0.800 bits per heavy atom. The van der Waals surface area contributed by atoms with E-state index in [4.69, 9.17) is 0 Å². The van der Waals surface area contributed by atoms with E-state index in [0.29, 0.717) is 30.8 Å². The van der Waals surface area contributed by atoms with E-state index in [2.05, 4.69) is 10.6 Å². The molecule has 3 aromatic carbocycles. The number of carbonyl (C=O) groups is 2. The minimum absolute atomic E-state index is 0.204. The molecule has 0 spiro atoms. The molecule has 0 aliphatic carbocycles. The average molecular weight is 492 g/mol. The van der Waals surface area contributed by atoms with Crippen molar-refractivity contribution in [3.8, 4) is 0 Å². The molecule has 3 aromatic rings. The molecule has 0 bridgehead atoms. The number of anilines is 1. The van der Waals surface area contributed by atoms with Gasteiger partial charge < -0.3 is 10.6 Å². The minimum atomic E-state index is -3.55. The van der Waals surface area contributed by atoms with Gasteiger partial charge in [0.25, 0.3) is 5.91 Å². The number of piperidine rings is 1. The summed E-state index contributed by atoms with van der Waals surface area (Å²) in [6.07, 6.45) is 3.09. The van der Waals surface area contributed by atoms with Crippen molar-refractivity contribution in [1.29, 1.82) is 0 Å². The highest BCUT2D eigenvalue weighted by molar-refractivity contribution is 7.89. The van der Waals surface area contributed by atoms with Crippen molar-refractivity contribution in [3.63, 3.8) is 0 Å². The third-order valence-corrected chi connectivity index (χ3v) is 7.93. The van der Waals surface area contributed by atoms with Crippen LogP contribution in [0, 0.1) is 0 Å². The molecule has 0 radical (unpaired) electrons. The zero-order valence-electron chi connectivity index (χ0n) is 19.4. The second-order valence-corrected chi connectivity index (χ2v) is 10.5. The highest BCUT2D eigenvalue weighted by atomic mass is 32.2. The van der Waals surface area contributed by atoms with Crippen LogP contribution in [0.5, 0.6) is 0 Å². The van der Waals surface area contributed by atoms with Gasteiger partial charge >= 0.3 is 0 Å². The quantitative estimate of drug-likeness (QED) is 0.501. The normalized spacial score (nSPS) is 15.2. The molecule has 1 aliphatic heterocycles. The van der Waals surface area contributed by atoms with Crippen molar-refractivity contribution < 1.29 is 18.0 Å². The zero-order chi connectivity index (χ0) is 24.7. The molecule has 7 nitrogen and oxygen atoms in total. The highest BCUT2D eigenvalue weighted by Crippen LogP contribution is 2.22. The molecule has 1 fully saturated rings. The van der Waals surface area contributed by atoms with E-state index in [0.717, 1.165) is 24.8 Å². The summed E-state index contributed by atoms with van der Waals surface area (Å²) in [4.78, 5) is 26.1.